The standard InChI is InChI=1S/C34H44N2O9S/c1-6-26(7-2)45-36(46(39,40)28-17-18-31-32(20-28)43-23-42-31)21-30(37)29(35-33(38)44-34(3,4)5)19-24-13-15-27(16-14-24)41-22-25-11-9-8-10-12-25/h8-18,20,26,29-30,37H,6-7,19,21-23H2,1-5H3,(H,35,38). The minimum atomic E-state index is -4.28. The van der Waals surface area contributed by atoms with Crippen molar-refractivity contribution in [1.29, 1.82) is 0 Å². The number of benzene rings is 3. The third kappa shape index (κ3) is 9.83. The van der Waals surface area contributed by atoms with Crippen LogP contribution in [0.1, 0.15) is 58.6 Å². The Kier molecular flexibility index (Phi) is 11.9. The van der Waals surface area contributed by atoms with E-state index in [2.05, 4.69) is 5.32 Å². The summed E-state index contributed by atoms with van der Waals surface area (Å²) in [7, 11) is -4.28. The topological polar surface area (TPSA) is 133 Å². The minimum absolute atomic E-state index is 0.0103. The number of alkyl carbamates (subject to hydrolysis) is 1. The molecule has 0 bridgehead atoms. The number of rotatable bonds is 15. The first-order valence-corrected chi connectivity index (χ1v) is 16.8. The molecule has 4 rings (SSSR count). The van der Waals surface area contributed by atoms with E-state index in [1.165, 1.54) is 18.2 Å². The maximum Gasteiger partial charge on any atom is 0.407 e. The summed E-state index contributed by atoms with van der Waals surface area (Å²) in [6, 6.07) is 20.4. The van der Waals surface area contributed by atoms with Crippen LogP contribution in [0.3, 0.4) is 0 Å². The third-order valence-electron chi connectivity index (χ3n) is 7.22. The number of sulfonamides is 1. The Labute approximate surface area is 271 Å². The number of hydrogen-bond acceptors (Lipinski definition) is 9. The van der Waals surface area contributed by atoms with E-state index in [0.29, 0.717) is 36.7 Å². The Morgan fingerprint density at radius 1 is 0.957 bits per heavy atom. The lowest BCUT2D eigenvalue weighted by atomic mass is 10.0. The molecule has 0 radical (unpaired) electrons. The first-order valence-electron chi connectivity index (χ1n) is 15.4. The predicted molar refractivity (Wildman–Crippen MR) is 172 cm³/mol. The van der Waals surface area contributed by atoms with E-state index in [0.717, 1.165) is 15.6 Å². The molecule has 250 valence electrons. The van der Waals surface area contributed by atoms with Crippen LogP contribution < -0.4 is 19.5 Å². The van der Waals surface area contributed by atoms with Crippen molar-refractivity contribution in [2.24, 2.45) is 0 Å². The Bertz CT molecular complexity index is 1520. The van der Waals surface area contributed by atoms with Gasteiger partial charge in [0.15, 0.2) is 11.5 Å². The quantitative estimate of drug-likeness (QED) is 0.201. The maximum absolute atomic E-state index is 13.9. The van der Waals surface area contributed by atoms with Gasteiger partial charge >= 0.3 is 6.09 Å². The lowest BCUT2D eigenvalue weighted by Gasteiger charge is -2.31. The first-order chi connectivity index (χ1) is 21.9. The molecule has 1 aliphatic heterocycles. The van der Waals surface area contributed by atoms with Gasteiger partial charge < -0.3 is 29.4 Å². The Hall–Kier alpha value is -3.84. The van der Waals surface area contributed by atoms with E-state index in [9.17, 15) is 18.3 Å². The van der Waals surface area contributed by atoms with E-state index >= 15 is 0 Å². The van der Waals surface area contributed by atoms with Crippen molar-refractivity contribution < 1.29 is 42.1 Å². The summed E-state index contributed by atoms with van der Waals surface area (Å²) in [5, 5.41) is 14.3. The Balaban J connectivity index is 1.55. The van der Waals surface area contributed by atoms with E-state index in [4.69, 9.17) is 23.8 Å². The van der Waals surface area contributed by atoms with Crippen molar-refractivity contribution in [3.63, 3.8) is 0 Å². The van der Waals surface area contributed by atoms with Crippen molar-refractivity contribution in [3.8, 4) is 17.2 Å². The van der Waals surface area contributed by atoms with Gasteiger partial charge in [0, 0.05) is 6.07 Å². The fourth-order valence-electron chi connectivity index (χ4n) is 4.70. The second kappa shape index (κ2) is 15.6. The molecule has 0 saturated heterocycles. The van der Waals surface area contributed by atoms with Gasteiger partial charge in [-0.05, 0) is 75.4 Å². The monoisotopic (exact) mass is 656 g/mol. The highest BCUT2D eigenvalue weighted by Gasteiger charge is 2.35. The van der Waals surface area contributed by atoms with Gasteiger partial charge in [0.05, 0.1) is 29.7 Å². The van der Waals surface area contributed by atoms with Gasteiger partial charge in [-0.3, -0.25) is 4.84 Å². The fraction of sp³-hybridized carbons (Fsp3) is 0.441. The van der Waals surface area contributed by atoms with Gasteiger partial charge in [-0.15, -0.1) is 0 Å². The van der Waals surface area contributed by atoms with Crippen molar-refractivity contribution in [3.05, 3.63) is 83.9 Å². The zero-order valence-electron chi connectivity index (χ0n) is 27.0. The predicted octanol–water partition coefficient (Wildman–Crippen LogP) is 5.60. The van der Waals surface area contributed by atoms with Gasteiger partial charge in [0.2, 0.25) is 6.79 Å². The summed E-state index contributed by atoms with van der Waals surface area (Å²) in [5.41, 5.74) is 1.02. The van der Waals surface area contributed by atoms with Crippen LogP contribution in [0.4, 0.5) is 4.79 Å². The van der Waals surface area contributed by atoms with Gasteiger partial charge in [-0.25, -0.2) is 13.2 Å². The van der Waals surface area contributed by atoms with Crippen molar-refractivity contribution >= 4 is 16.1 Å². The van der Waals surface area contributed by atoms with E-state index in [-0.39, 0.29) is 18.1 Å². The molecule has 3 aromatic carbocycles. The molecule has 11 nitrogen and oxygen atoms in total. The average molecular weight is 657 g/mol. The highest BCUT2D eigenvalue weighted by molar-refractivity contribution is 7.89. The van der Waals surface area contributed by atoms with Crippen LogP contribution in [0.25, 0.3) is 0 Å². The molecule has 12 heteroatoms. The van der Waals surface area contributed by atoms with E-state index < -0.39 is 46.5 Å². The number of aliphatic hydroxyl groups excluding tert-OH is 1. The third-order valence-corrected chi connectivity index (χ3v) is 8.84. The lowest BCUT2D eigenvalue weighted by molar-refractivity contribution is -0.149. The first kappa shape index (κ1) is 35.0. The summed E-state index contributed by atoms with van der Waals surface area (Å²) in [6.07, 6.45) is -1.32. The molecule has 3 aromatic rings. The summed E-state index contributed by atoms with van der Waals surface area (Å²) < 4.78 is 50.7. The fourth-order valence-corrected chi connectivity index (χ4v) is 6.01. The van der Waals surface area contributed by atoms with Crippen LogP contribution in [0, 0.1) is 0 Å². The number of aliphatic hydroxyl groups is 1. The van der Waals surface area contributed by atoms with Crippen LogP contribution in [0.15, 0.2) is 77.7 Å². The number of fused-ring (bicyclic) bond motifs is 1. The van der Waals surface area contributed by atoms with Crippen LogP contribution >= 0.6 is 0 Å². The highest BCUT2D eigenvalue weighted by atomic mass is 32.2. The number of carbonyl (C=O) groups excluding carboxylic acids is 1. The molecule has 0 saturated carbocycles. The molecule has 0 spiro atoms. The van der Waals surface area contributed by atoms with Gasteiger partial charge in [0.1, 0.15) is 18.0 Å². The number of hydroxylamine groups is 1. The van der Waals surface area contributed by atoms with Crippen molar-refractivity contribution in [2.45, 2.75) is 89.2 Å². The molecule has 1 heterocycles. The molecule has 2 unspecified atom stereocenters. The van der Waals surface area contributed by atoms with Gasteiger partial charge in [-0.1, -0.05) is 60.8 Å². The van der Waals surface area contributed by atoms with Crippen LogP contribution in [-0.4, -0.2) is 61.3 Å². The molecule has 1 amide bonds. The summed E-state index contributed by atoms with van der Waals surface area (Å²) in [6.45, 7) is 8.90. The maximum atomic E-state index is 13.9. The van der Waals surface area contributed by atoms with Crippen LogP contribution in [-0.2, 0) is 32.6 Å². The smallest absolute Gasteiger partial charge is 0.407 e. The molecule has 0 fully saturated rings. The molecule has 1 aliphatic rings. The van der Waals surface area contributed by atoms with Gasteiger partial charge in [0.25, 0.3) is 10.0 Å². The molecule has 2 atom stereocenters. The molecule has 0 aromatic heterocycles. The molecular weight excluding hydrogens is 612 g/mol. The van der Waals surface area contributed by atoms with E-state index in [1.54, 1.807) is 20.8 Å². The van der Waals surface area contributed by atoms with Crippen molar-refractivity contribution in [1.82, 2.24) is 9.79 Å². The van der Waals surface area contributed by atoms with Crippen molar-refractivity contribution in [2.75, 3.05) is 13.3 Å². The molecule has 46 heavy (non-hydrogen) atoms. The zero-order chi connectivity index (χ0) is 33.3. The SMILES string of the molecule is CCC(CC)ON(CC(O)C(Cc1ccc(OCc2ccccc2)cc1)NC(=O)OC(C)(C)C)S(=O)(=O)c1ccc2c(c1)OCO2. The summed E-state index contributed by atoms with van der Waals surface area (Å²) in [4.78, 5) is 18.8. The normalized spacial score (nSPS) is 14.3. The number of ether oxygens (including phenoxy) is 4. The number of nitrogens with zero attached hydrogens (tertiary/aromatic N) is 1. The zero-order valence-corrected chi connectivity index (χ0v) is 27.8. The summed E-state index contributed by atoms with van der Waals surface area (Å²) >= 11 is 0. The number of nitrogens with one attached hydrogen (secondary N) is 1. The Morgan fingerprint density at radius 3 is 2.28 bits per heavy atom. The number of carbonyl (C=O) groups is 1. The summed E-state index contributed by atoms with van der Waals surface area (Å²) in [5.74, 6) is 1.39. The lowest BCUT2D eigenvalue weighted by Crippen LogP contribution is -2.51. The second-order valence-corrected chi connectivity index (χ2v) is 13.8. The molecule has 2 N–H and O–H groups in total. The molecular formula is C34H44N2O9S. The highest BCUT2D eigenvalue weighted by Crippen LogP contribution is 2.35. The van der Waals surface area contributed by atoms with E-state index in [1.807, 2.05) is 68.4 Å². The van der Waals surface area contributed by atoms with Crippen LogP contribution in [0.5, 0.6) is 17.2 Å². The number of hydrogen-bond donors (Lipinski definition) is 2. The number of amides is 1. The average Bonchev–Trinajstić information content (AvgIpc) is 3.50. The Morgan fingerprint density at radius 2 is 1.63 bits per heavy atom. The largest absolute Gasteiger partial charge is 0.489 e. The minimum Gasteiger partial charge on any atom is -0.489 e. The molecule has 0 aliphatic carbocycles. The van der Waals surface area contributed by atoms with Crippen LogP contribution in [0.2, 0.25) is 0 Å². The second-order valence-electron chi connectivity index (χ2n) is 12.0. The van der Waals surface area contributed by atoms with Gasteiger partial charge in [-0.2, -0.15) is 0 Å².